The topological polar surface area (TPSA) is 88.8 Å². The van der Waals surface area contributed by atoms with Crippen LogP contribution in [0.1, 0.15) is 11.3 Å². The van der Waals surface area contributed by atoms with E-state index in [4.69, 9.17) is 9.26 Å². The first kappa shape index (κ1) is 17.1. The molecule has 0 unspecified atom stereocenters. The van der Waals surface area contributed by atoms with Crippen LogP contribution in [0, 0.1) is 11.8 Å². The second-order valence-corrected chi connectivity index (χ2v) is 7.63. The van der Waals surface area contributed by atoms with Gasteiger partial charge in [-0.15, -0.1) is 0 Å². The first-order valence-electron chi connectivity index (χ1n) is 9.27. The van der Waals surface area contributed by atoms with E-state index in [9.17, 15) is 9.59 Å². The van der Waals surface area contributed by atoms with E-state index < -0.39 is 17.4 Å². The number of carbonyl (C=O) groups excluding carboxylic acids is 2. The van der Waals surface area contributed by atoms with Gasteiger partial charge in [0.15, 0.2) is 5.76 Å². The zero-order valence-electron chi connectivity index (χ0n) is 15.4. The molecule has 5 rings (SSSR count). The Hall–Kier alpha value is -3.00. The lowest BCUT2D eigenvalue weighted by atomic mass is 9.76. The standard InChI is InChI=1S/C20H20N4O4/c1-23(11-14-5-8-22-28-14)18(25)16-15-4-6-20(27-15)12-24(19(26)17(16)20)10-13-3-2-7-21-9-13/h2-9,15-17H,10-12H2,1H3/t15-,16-,17+,20-/m0/s1. The number of carbonyl (C=O) groups is 2. The van der Waals surface area contributed by atoms with Crippen LogP contribution < -0.4 is 0 Å². The normalized spacial score (nSPS) is 30.1. The highest BCUT2D eigenvalue weighted by Crippen LogP contribution is 2.52. The van der Waals surface area contributed by atoms with E-state index in [0.29, 0.717) is 25.4 Å². The lowest BCUT2D eigenvalue weighted by Gasteiger charge is -2.27. The predicted molar refractivity (Wildman–Crippen MR) is 96.4 cm³/mol. The average molecular weight is 380 g/mol. The van der Waals surface area contributed by atoms with E-state index in [2.05, 4.69) is 10.1 Å². The van der Waals surface area contributed by atoms with Crippen molar-refractivity contribution in [3.05, 3.63) is 60.3 Å². The molecule has 2 aromatic heterocycles. The van der Waals surface area contributed by atoms with Crippen LogP contribution in [0.3, 0.4) is 0 Å². The van der Waals surface area contributed by atoms with Crippen LogP contribution in [0.25, 0.3) is 0 Å². The van der Waals surface area contributed by atoms with Gasteiger partial charge in [-0.3, -0.25) is 14.6 Å². The number of hydrogen-bond acceptors (Lipinski definition) is 6. The summed E-state index contributed by atoms with van der Waals surface area (Å²) in [6, 6.07) is 5.51. The monoisotopic (exact) mass is 380 g/mol. The van der Waals surface area contributed by atoms with Gasteiger partial charge in [-0.1, -0.05) is 23.4 Å². The molecular weight excluding hydrogens is 360 g/mol. The lowest BCUT2D eigenvalue weighted by Crippen LogP contribution is -2.44. The van der Waals surface area contributed by atoms with Crippen LogP contribution >= 0.6 is 0 Å². The van der Waals surface area contributed by atoms with Gasteiger partial charge < -0.3 is 19.1 Å². The molecule has 2 saturated heterocycles. The number of nitrogens with zero attached hydrogens (tertiary/aromatic N) is 4. The number of fused-ring (bicyclic) bond motifs is 1. The van der Waals surface area contributed by atoms with Gasteiger partial charge in [0, 0.05) is 32.1 Å². The summed E-state index contributed by atoms with van der Waals surface area (Å²) >= 11 is 0. The molecular formula is C20H20N4O4. The van der Waals surface area contributed by atoms with Crippen LogP contribution in [0.15, 0.2) is 53.5 Å². The molecule has 2 amide bonds. The van der Waals surface area contributed by atoms with Gasteiger partial charge in [0.05, 0.1) is 37.2 Å². The minimum absolute atomic E-state index is 0.0397. The molecule has 3 aliphatic heterocycles. The van der Waals surface area contributed by atoms with Crippen molar-refractivity contribution in [2.45, 2.75) is 24.8 Å². The lowest BCUT2D eigenvalue weighted by molar-refractivity contribution is -0.143. The van der Waals surface area contributed by atoms with Gasteiger partial charge in [0.25, 0.3) is 0 Å². The third kappa shape index (κ3) is 2.56. The number of aromatic nitrogens is 2. The molecule has 1 spiro atoms. The summed E-state index contributed by atoms with van der Waals surface area (Å²) in [5.41, 5.74) is 0.244. The zero-order chi connectivity index (χ0) is 19.3. The van der Waals surface area contributed by atoms with Crippen LogP contribution in [0.2, 0.25) is 0 Å². The van der Waals surface area contributed by atoms with E-state index in [1.54, 1.807) is 41.5 Å². The van der Waals surface area contributed by atoms with Gasteiger partial charge in [-0.25, -0.2) is 0 Å². The van der Waals surface area contributed by atoms with E-state index in [-0.39, 0.29) is 17.9 Å². The molecule has 8 heteroatoms. The summed E-state index contributed by atoms with van der Waals surface area (Å²) in [6.45, 7) is 1.22. The Kier molecular flexibility index (Phi) is 3.83. The quantitative estimate of drug-likeness (QED) is 0.720. The second kappa shape index (κ2) is 6.27. The number of ether oxygens (including phenoxy) is 1. The third-order valence-corrected chi connectivity index (χ3v) is 5.82. The van der Waals surface area contributed by atoms with Crippen molar-refractivity contribution in [3.8, 4) is 0 Å². The Bertz CT molecular complexity index is 929. The van der Waals surface area contributed by atoms with Gasteiger partial charge in [-0.05, 0) is 11.6 Å². The first-order valence-corrected chi connectivity index (χ1v) is 9.27. The van der Waals surface area contributed by atoms with Crippen molar-refractivity contribution in [2.24, 2.45) is 11.8 Å². The minimum Gasteiger partial charge on any atom is -0.360 e. The molecule has 5 heterocycles. The van der Waals surface area contributed by atoms with Crippen molar-refractivity contribution in [3.63, 3.8) is 0 Å². The fourth-order valence-corrected chi connectivity index (χ4v) is 4.60. The molecule has 144 valence electrons. The van der Waals surface area contributed by atoms with Crippen molar-refractivity contribution >= 4 is 11.8 Å². The summed E-state index contributed by atoms with van der Waals surface area (Å²) in [5, 5.41) is 3.67. The molecule has 0 radical (unpaired) electrons. The molecule has 0 N–H and O–H groups in total. The SMILES string of the molecule is CN(Cc1ccno1)C(=O)[C@H]1[C@@H]2C=C[C@@]3(CN(Cc4cccnc4)C(=O)[C@@H]13)O2. The van der Waals surface area contributed by atoms with E-state index in [1.807, 2.05) is 24.3 Å². The minimum atomic E-state index is -0.711. The van der Waals surface area contributed by atoms with Crippen LogP contribution in [0.4, 0.5) is 0 Å². The molecule has 2 bridgehead atoms. The van der Waals surface area contributed by atoms with Crippen molar-refractivity contribution in [1.29, 1.82) is 0 Å². The van der Waals surface area contributed by atoms with E-state index in [0.717, 1.165) is 5.56 Å². The molecule has 8 nitrogen and oxygen atoms in total. The van der Waals surface area contributed by atoms with E-state index in [1.165, 1.54) is 0 Å². The largest absolute Gasteiger partial charge is 0.360 e. The Balaban J connectivity index is 1.37. The number of rotatable bonds is 5. The van der Waals surface area contributed by atoms with E-state index >= 15 is 0 Å². The predicted octanol–water partition coefficient (Wildman–Crippen LogP) is 1.01. The van der Waals surface area contributed by atoms with Crippen LogP contribution in [0.5, 0.6) is 0 Å². The Morgan fingerprint density at radius 1 is 1.39 bits per heavy atom. The smallest absolute Gasteiger partial charge is 0.230 e. The van der Waals surface area contributed by atoms with Crippen LogP contribution in [-0.4, -0.2) is 57.1 Å². The highest BCUT2D eigenvalue weighted by Gasteiger charge is 2.67. The number of hydrogen-bond donors (Lipinski definition) is 0. The highest BCUT2D eigenvalue weighted by atomic mass is 16.5. The Labute approximate surface area is 161 Å². The Morgan fingerprint density at radius 2 is 2.29 bits per heavy atom. The van der Waals surface area contributed by atoms with Gasteiger partial charge >= 0.3 is 0 Å². The van der Waals surface area contributed by atoms with Gasteiger partial charge in [0.2, 0.25) is 11.8 Å². The average Bonchev–Trinajstić information content (AvgIpc) is 3.45. The van der Waals surface area contributed by atoms with Crippen molar-refractivity contribution in [2.75, 3.05) is 13.6 Å². The maximum absolute atomic E-state index is 13.2. The summed E-state index contributed by atoms with van der Waals surface area (Å²) < 4.78 is 11.3. The van der Waals surface area contributed by atoms with Crippen molar-refractivity contribution in [1.82, 2.24) is 19.9 Å². The maximum atomic E-state index is 13.2. The molecule has 2 fully saturated rings. The number of amides is 2. The first-order chi connectivity index (χ1) is 13.6. The third-order valence-electron chi connectivity index (χ3n) is 5.82. The summed E-state index contributed by atoms with van der Waals surface area (Å²) in [7, 11) is 1.71. The molecule has 0 aliphatic carbocycles. The summed E-state index contributed by atoms with van der Waals surface area (Å²) in [4.78, 5) is 33.9. The molecule has 0 aromatic carbocycles. The highest BCUT2D eigenvalue weighted by molar-refractivity contribution is 5.93. The summed E-state index contributed by atoms with van der Waals surface area (Å²) in [5.74, 6) is -0.578. The maximum Gasteiger partial charge on any atom is 0.230 e. The summed E-state index contributed by atoms with van der Waals surface area (Å²) in [6.07, 6.45) is 8.52. The fourth-order valence-electron chi connectivity index (χ4n) is 4.60. The fraction of sp³-hybridized carbons (Fsp3) is 0.400. The molecule has 3 aliphatic rings. The van der Waals surface area contributed by atoms with Crippen LogP contribution in [-0.2, 0) is 27.4 Å². The van der Waals surface area contributed by atoms with Gasteiger partial charge in [0.1, 0.15) is 5.60 Å². The zero-order valence-corrected chi connectivity index (χ0v) is 15.4. The van der Waals surface area contributed by atoms with Crippen molar-refractivity contribution < 1.29 is 18.8 Å². The number of pyridine rings is 1. The molecule has 0 saturated carbocycles. The molecule has 28 heavy (non-hydrogen) atoms. The Morgan fingerprint density at radius 3 is 3.04 bits per heavy atom. The number of likely N-dealkylation sites (tertiary alicyclic amines) is 1. The molecule has 2 aromatic rings. The van der Waals surface area contributed by atoms with Gasteiger partial charge in [-0.2, -0.15) is 0 Å². The molecule has 4 atom stereocenters. The second-order valence-electron chi connectivity index (χ2n) is 7.63.